The van der Waals surface area contributed by atoms with Crippen LogP contribution in [0.25, 0.3) is 0 Å². The minimum atomic E-state index is -2.62. The van der Waals surface area contributed by atoms with Crippen molar-refractivity contribution in [2.75, 3.05) is 0 Å². The van der Waals surface area contributed by atoms with Crippen molar-refractivity contribution in [3.63, 3.8) is 0 Å². The first kappa shape index (κ1) is 24.5. The zero-order valence-electron chi connectivity index (χ0n) is 9.13. The topological polar surface area (TPSA) is 182 Å². The summed E-state index contributed by atoms with van der Waals surface area (Å²) in [6.45, 7) is 0. The van der Waals surface area contributed by atoms with Crippen molar-refractivity contribution in [1.29, 1.82) is 0 Å². The predicted octanol–water partition coefficient (Wildman–Crippen LogP) is -0.0894. The molecular formula is C6H14ClO9P3. The van der Waals surface area contributed by atoms with E-state index in [1.807, 2.05) is 30.3 Å². The quantitative estimate of drug-likeness (QED) is 0.286. The average molecular weight is 359 g/mol. The van der Waals surface area contributed by atoms with Crippen LogP contribution in [0.15, 0.2) is 30.3 Å². The van der Waals surface area contributed by atoms with Crippen LogP contribution in [-0.4, -0.2) is 44.0 Å². The molecule has 114 valence electrons. The summed E-state index contributed by atoms with van der Waals surface area (Å²) in [5.74, 6) is 0. The lowest BCUT2D eigenvalue weighted by Crippen LogP contribution is -1.55. The van der Waals surface area contributed by atoms with Crippen LogP contribution in [0.2, 0.25) is 5.02 Å². The fourth-order valence-electron chi connectivity index (χ4n) is 0.415. The second-order valence-electron chi connectivity index (χ2n) is 2.10. The Balaban J connectivity index is -0.000000189. The molecule has 1 aromatic rings. The van der Waals surface area contributed by atoms with Crippen molar-refractivity contribution in [2.24, 2.45) is 0 Å². The summed E-state index contributed by atoms with van der Waals surface area (Å²) in [5, 5.41) is 0.794. The van der Waals surface area contributed by atoms with Gasteiger partial charge in [-0.05, 0) is 12.1 Å². The predicted molar refractivity (Wildman–Crippen MR) is 72.2 cm³/mol. The number of hydrogen-bond acceptors (Lipinski definition) is 9. The third kappa shape index (κ3) is 70.0. The number of benzene rings is 1. The molecule has 1 rings (SSSR count). The SMILES string of the molecule is Clc1ccccc1.OP(O)O.OP(O)O.OP(O)O. The van der Waals surface area contributed by atoms with Gasteiger partial charge < -0.3 is 44.0 Å². The molecule has 0 aliphatic carbocycles. The molecule has 0 saturated heterocycles. The Kier molecular flexibility index (Phi) is 23.7. The van der Waals surface area contributed by atoms with Crippen molar-refractivity contribution in [2.45, 2.75) is 0 Å². The average Bonchev–Trinajstić information content (AvgIpc) is 2.15. The Morgan fingerprint density at radius 2 is 0.789 bits per heavy atom. The summed E-state index contributed by atoms with van der Waals surface area (Å²) in [7, 11) is -7.86. The van der Waals surface area contributed by atoms with Crippen LogP contribution in [0.3, 0.4) is 0 Å². The van der Waals surface area contributed by atoms with Crippen molar-refractivity contribution < 1.29 is 44.0 Å². The van der Waals surface area contributed by atoms with Gasteiger partial charge in [-0.1, -0.05) is 29.8 Å². The summed E-state index contributed by atoms with van der Waals surface area (Å²) in [4.78, 5) is 65.1. The van der Waals surface area contributed by atoms with Crippen LogP contribution in [0.5, 0.6) is 0 Å². The van der Waals surface area contributed by atoms with Crippen molar-refractivity contribution >= 4 is 37.4 Å². The second kappa shape index (κ2) is 18.4. The van der Waals surface area contributed by atoms with Crippen molar-refractivity contribution in [3.05, 3.63) is 35.4 Å². The maximum Gasteiger partial charge on any atom is 0.324 e. The molecule has 0 spiro atoms. The second-order valence-corrected chi connectivity index (χ2v) is 4.15. The lowest BCUT2D eigenvalue weighted by molar-refractivity contribution is 0.366. The van der Waals surface area contributed by atoms with Crippen molar-refractivity contribution in [1.82, 2.24) is 0 Å². The van der Waals surface area contributed by atoms with Gasteiger partial charge in [0.25, 0.3) is 0 Å². The van der Waals surface area contributed by atoms with Crippen LogP contribution >= 0.6 is 37.4 Å². The molecule has 0 aliphatic rings. The Hall–Kier alpha value is 0.440. The van der Waals surface area contributed by atoms with Gasteiger partial charge in [0, 0.05) is 5.02 Å². The zero-order chi connectivity index (χ0) is 15.8. The van der Waals surface area contributed by atoms with E-state index in [0.29, 0.717) is 0 Å². The van der Waals surface area contributed by atoms with E-state index < -0.39 is 25.8 Å². The maximum atomic E-state index is 7.23. The van der Waals surface area contributed by atoms with Gasteiger partial charge in [-0.2, -0.15) is 0 Å². The Morgan fingerprint density at radius 1 is 0.579 bits per heavy atom. The fraction of sp³-hybridized carbons (Fsp3) is 0. The van der Waals surface area contributed by atoms with Crippen LogP contribution < -0.4 is 0 Å². The lowest BCUT2D eigenvalue weighted by atomic mass is 10.4. The highest BCUT2D eigenvalue weighted by molar-refractivity contribution is 7.38. The van der Waals surface area contributed by atoms with Crippen LogP contribution in [0.1, 0.15) is 0 Å². The molecule has 0 aliphatic heterocycles. The Labute approximate surface area is 117 Å². The van der Waals surface area contributed by atoms with Gasteiger partial charge in [-0.15, -0.1) is 0 Å². The number of hydrogen-bond donors (Lipinski definition) is 9. The van der Waals surface area contributed by atoms with E-state index in [0.717, 1.165) is 5.02 Å². The largest absolute Gasteiger partial charge is 0.328 e. The van der Waals surface area contributed by atoms with Gasteiger partial charge in [-0.25, -0.2) is 0 Å². The third-order valence-corrected chi connectivity index (χ3v) is 0.985. The van der Waals surface area contributed by atoms with E-state index in [-0.39, 0.29) is 0 Å². The zero-order valence-corrected chi connectivity index (χ0v) is 12.6. The molecular weight excluding hydrogens is 344 g/mol. The minimum absolute atomic E-state index is 0.794. The lowest BCUT2D eigenvalue weighted by Gasteiger charge is -1.80. The van der Waals surface area contributed by atoms with E-state index in [1.165, 1.54) is 0 Å². The van der Waals surface area contributed by atoms with E-state index in [1.54, 1.807) is 0 Å². The Bertz CT molecular complexity index is 241. The highest BCUT2D eigenvalue weighted by atomic mass is 35.5. The van der Waals surface area contributed by atoms with E-state index in [4.69, 9.17) is 55.6 Å². The highest BCUT2D eigenvalue weighted by Crippen LogP contribution is 2.12. The highest BCUT2D eigenvalue weighted by Gasteiger charge is 1.77. The van der Waals surface area contributed by atoms with E-state index in [9.17, 15) is 0 Å². The molecule has 13 heteroatoms. The molecule has 9 N–H and O–H groups in total. The third-order valence-electron chi connectivity index (χ3n) is 0.733. The first-order valence-electron chi connectivity index (χ1n) is 3.90. The van der Waals surface area contributed by atoms with Gasteiger partial charge in [0.1, 0.15) is 0 Å². The summed E-state index contributed by atoms with van der Waals surface area (Å²) >= 11 is 5.54. The van der Waals surface area contributed by atoms with Crippen molar-refractivity contribution in [3.8, 4) is 0 Å². The number of halogens is 1. The van der Waals surface area contributed by atoms with Crippen LogP contribution in [0.4, 0.5) is 0 Å². The normalized spacial score (nSPS) is 8.89. The molecule has 0 atom stereocenters. The molecule has 1 aromatic carbocycles. The molecule has 9 nitrogen and oxygen atoms in total. The van der Waals surface area contributed by atoms with Gasteiger partial charge in [0.15, 0.2) is 0 Å². The summed E-state index contributed by atoms with van der Waals surface area (Å²) in [6.07, 6.45) is 0. The first-order valence-corrected chi connectivity index (χ1v) is 7.88. The van der Waals surface area contributed by atoms with Gasteiger partial charge in [0.2, 0.25) is 0 Å². The molecule has 0 saturated carbocycles. The van der Waals surface area contributed by atoms with Gasteiger partial charge in [-0.3, -0.25) is 0 Å². The fourth-order valence-corrected chi connectivity index (χ4v) is 0.560. The number of rotatable bonds is 0. The minimum Gasteiger partial charge on any atom is -0.328 e. The smallest absolute Gasteiger partial charge is 0.324 e. The van der Waals surface area contributed by atoms with E-state index >= 15 is 0 Å². The first-order chi connectivity index (χ1) is 8.59. The molecule has 0 heterocycles. The van der Waals surface area contributed by atoms with Crippen LogP contribution in [-0.2, 0) is 0 Å². The molecule has 0 amide bonds. The molecule has 0 radical (unpaired) electrons. The Morgan fingerprint density at radius 3 is 0.895 bits per heavy atom. The van der Waals surface area contributed by atoms with Gasteiger partial charge >= 0.3 is 25.8 Å². The molecule has 0 bridgehead atoms. The maximum absolute atomic E-state index is 7.23. The monoisotopic (exact) mass is 358 g/mol. The van der Waals surface area contributed by atoms with Gasteiger partial charge in [0.05, 0.1) is 0 Å². The molecule has 0 aromatic heterocycles. The van der Waals surface area contributed by atoms with Crippen LogP contribution in [0, 0.1) is 0 Å². The molecule has 0 unspecified atom stereocenters. The van der Waals surface area contributed by atoms with E-state index in [2.05, 4.69) is 0 Å². The summed E-state index contributed by atoms with van der Waals surface area (Å²) in [5.41, 5.74) is 0. The summed E-state index contributed by atoms with van der Waals surface area (Å²) < 4.78 is 0. The molecule has 0 fully saturated rings. The molecule has 19 heavy (non-hydrogen) atoms. The summed E-state index contributed by atoms with van der Waals surface area (Å²) in [6, 6.07) is 9.44. The standard InChI is InChI=1S/C6H5Cl.3H3O3P/c7-6-4-2-1-3-5-6;3*1-4(2)3/h1-5H;3*1-3H.